The zero-order valence-corrected chi connectivity index (χ0v) is 16.7. The number of nitrogens with zero attached hydrogens (tertiary/aromatic N) is 2. The van der Waals surface area contributed by atoms with Crippen molar-refractivity contribution in [2.75, 3.05) is 26.7 Å². The number of halogens is 1. The Morgan fingerprint density at radius 2 is 1.78 bits per heavy atom. The Bertz CT molecular complexity index is 908. The van der Waals surface area contributed by atoms with Gasteiger partial charge in [-0.2, -0.15) is 0 Å². The summed E-state index contributed by atoms with van der Waals surface area (Å²) < 4.78 is 5.37. The highest BCUT2D eigenvalue weighted by atomic mass is 35.5. The fourth-order valence-electron chi connectivity index (χ4n) is 3.23. The molecule has 0 radical (unpaired) electrons. The molecule has 5 heteroatoms. The van der Waals surface area contributed by atoms with Crippen LogP contribution in [0.25, 0.3) is 22.2 Å². The van der Waals surface area contributed by atoms with E-state index in [9.17, 15) is 5.11 Å². The molecule has 2 aromatic carbocycles. The standard InChI is InChI=1S/C22H25ClN2O2/c1-4-25(5-2)14-22(26)19-13-21(15-6-8-16(23)9-7-15)24-20-11-10-17(27-3)12-18(19)20/h6-13,22,26H,4-5,14H2,1-3H3/t22-/m0/s1. The van der Waals surface area contributed by atoms with Crippen LogP contribution in [0.2, 0.25) is 5.02 Å². The molecule has 1 heterocycles. The van der Waals surface area contributed by atoms with Crippen LogP contribution in [0.4, 0.5) is 0 Å². The van der Waals surface area contributed by atoms with Gasteiger partial charge in [-0.3, -0.25) is 0 Å². The maximum atomic E-state index is 11.0. The molecule has 1 aromatic heterocycles. The zero-order valence-electron chi connectivity index (χ0n) is 15.9. The second-order valence-electron chi connectivity index (χ2n) is 6.49. The lowest BCUT2D eigenvalue weighted by atomic mass is 9.99. The molecule has 3 rings (SSSR count). The van der Waals surface area contributed by atoms with Gasteiger partial charge in [0.2, 0.25) is 0 Å². The number of aromatic nitrogens is 1. The van der Waals surface area contributed by atoms with Crippen LogP contribution >= 0.6 is 11.6 Å². The molecular formula is C22H25ClN2O2. The second-order valence-corrected chi connectivity index (χ2v) is 6.92. The number of benzene rings is 2. The number of aliphatic hydroxyl groups excluding tert-OH is 1. The molecule has 1 N–H and O–H groups in total. The second kappa shape index (κ2) is 8.70. The van der Waals surface area contributed by atoms with E-state index >= 15 is 0 Å². The summed E-state index contributed by atoms with van der Waals surface area (Å²) in [7, 11) is 1.64. The van der Waals surface area contributed by atoms with E-state index in [1.807, 2.05) is 48.5 Å². The first-order valence-electron chi connectivity index (χ1n) is 9.20. The third-order valence-corrected chi connectivity index (χ3v) is 5.12. The monoisotopic (exact) mass is 384 g/mol. The quantitative estimate of drug-likeness (QED) is 0.626. The summed E-state index contributed by atoms with van der Waals surface area (Å²) >= 11 is 6.02. The minimum absolute atomic E-state index is 0.573. The van der Waals surface area contributed by atoms with E-state index in [1.54, 1.807) is 7.11 Å². The molecule has 0 saturated carbocycles. The summed E-state index contributed by atoms with van der Waals surface area (Å²) in [6.45, 7) is 6.56. The number of methoxy groups -OCH3 is 1. The highest BCUT2D eigenvalue weighted by Gasteiger charge is 2.17. The summed E-state index contributed by atoms with van der Waals surface area (Å²) in [6.07, 6.45) is -0.617. The lowest BCUT2D eigenvalue weighted by Crippen LogP contribution is -2.28. The molecular weight excluding hydrogens is 360 g/mol. The molecule has 142 valence electrons. The number of hydrogen-bond acceptors (Lipinski definition) is 4. The maximum Gasteiger partial charge on any atom is 0.119 e. The van der Waals surface area contributed by atoms with Crippen molar-refractivity contribution in [2.24, 2.45) is 0 Å². The van der Waals surface area contributed by atoms with Crippen LogP contribution in [0.15, 0.2) is 48.5 Å². The first-order chi connectivity index (χ1) is 13.0. The number of likely N-dealkylation sites (N-methyl/N-ethyl adjacent to an activating group) is 1. The Morgan fingerprint density at radius 1 is 1.07 bits per heavy atom. The van der Waals surface area contributed by atoms with E-state index in [1.165, 1.54) is 0 Å². The van der Waals surface area contributed by atoms with Crippen molar-refractivity contribution in [3.8, 4) is 17.0 Å². The number of aliphatic hydroxyl groups is 1. The van der Waals surface area contributed by atoms with Gasteiger partial charge in [0.05, 0.1) is 24.4 Å². The van der Waals surface area contributed by atoms with Crippen molar-refractivity contribution >= 4 is 22.5 Å². The van der Waals surface area contributed by atoms with E-state index in [-0.39, 0.29) is 0 Å². The van der Waals surface area contributed by atoms with Crippen LogP contribution in [0.3, 0.4) is 0 Å². The summed E-state index contributed by atoms with van der Waals surface area (Å²) in [5.74, 6) is 0.750. The number of hydrogen-bond donors (Lipinski definition) is 1. The number of pyridine rings is 1. The molecule has 4 nitrogen and oxygen atoms in total. The Morgan fingerprint density at radius 3 is 2.41 bits per heavy atom. The Balaban J connectivity index is 2.13. The van der Waals surface area contributed by atoms with Gasteiger partial charge in [0.1, 0.15) is 5.75 Å². The highest BCUT2D eigenvalue weighted by Crippen LogP contribution is 2.32. The molecule has 0 aliphatic heterocycles. The molecule has 27 heavy (non-hydrogen) atoms. The van der Waals surface area contributed by atoms with Gasteiger partial charge in [0.15, 0.2) is 0 Å². The largest absolute Gasteiger partial charge is 0.497 e. The van der Waals surface area contributed by atoms with Gasteiger partial charge >= 0.3 is 0 Å². The van der Waals surface area contributed by atoms with Gasteiger partial charge in [0, 0.05) is 22.5 Å². The summed E-state index contributed by atoms with van der Waals surface area (Å²) in [6, 6.07) is 15.3. The zero-order chi connectivity index (χ0) is 19.4. The molecule has 0 aliphatic carbocycles. The lowest BCUT2D eigenvalue weighted by Gasteiger charge is -2.23. The molecule has 1 atom stereocenters. The first kappa shape index (κ1) is 19.6. The average molecular weight is 385 g/mol. The summed E-state index contributed by atoms with van der Waals surface area (Å²) in [4.78, 5) is 7.00. The highest BCUT2D eigenvalue weighted by molar-refractivity contribution is 6.30. The predicted octanol–water partition coefficient (Wildman–Crippen LogP) is 4.94. The molecule has 0 saturated heterocycles. The number of ether oxygens (including phenoxy) is 1. The normalized spacial score (nSPS) is 12.5. The van der Waals surface area contributed by atoms with Crippen molar-refractivity contribution in [1.29, 1.82) is 0 Å². The van der Waals surface area contributed by atoms with Crippen molar-refractivity contribution in [1.82, 2.24) is 9.88 Å². The van der Waals surface area contributed by atoms with Crippen molar-refractivity contribution < 1.29 is 9.84 Å². The van der Waals surface area contributed by atoms with Crippen molar-refractivity contribution in [3.63, 3.8) is 0 Å². The van der Waals surface area contributed by atoms with Crippen LogP contribution < -0.4 is 4.74 Å². The molecule has 0 aliphatic rings. The predicted molar refractivity (Wildman–Crippen MR) is 111 cm³/mol. The summed E-state index contributed by atoms with van der Waals surface area (Å²) in [5, 5.41) is 12.6. The van der Waals surface area contributed by atoms with E-state index in [0.29, 0.717) is 11.6 Å². The third kappa shape index (κ3) is 4.41. The van der Waals surface area contributed by atoms with E-state index in [0.717, 1.165) is 46.6 Å². The Labute approximate surface area is 165 Å². The molecule has 0 bridgehead atoms. The average Bonchev–Trinajstić information content (AvgIpc) is 2.71. The molecule has 0 amide bonds. The fourth-order valence-corrected chi connectivity index (χ4v) is 3.35. The lowest BCUT2D eigenvalue weighted by molar-refractivity contribution is 0.120. The van der Waals surface area contributed by atoms with Gasteiger partial charge in [-0.05, 0) is 55.1 Å². The minimum Gasteiger partial charge on any atom is -0.497 e. The van der Waals surface area contributed by atoms with Crippen LogP contribution in [0.5, 0.6) is 5.75 Å². The van der Waals surface area contributed by atoms with Crippen molar-refractivity contribution in [3.05, 3.63) is 59.1 Å². The topological polar surface area (TPSA) is 45.6 Å². The maximum absolute atomic E-state index is 11.0. The third-order valence-electron chi connectivity index (χ3n) is 4.87. The summed E-state index contributed by atoms with van der Waals surface area (Å²) in [5.41, 5.74) is 3.47. The van der Waals surface area contributed by atoms with E-state index < -0.39 is 6.10 Å². The van der Waals surface area contributed by atoms with Crippen LogP contribution in [0.1, 0.15) is 25.5 Å². The van der Waals surface area contributed by atoms with E-state index in [4.69, 9.17) is 21.3 Å². The Kier molecular flexibility index (Phi) is 6.32. The Hall–Kier alpha value is -2.14. The van der Waals surface area contributed by atoms with Crippen LogP contribution in [0, 0.1) is 0 Å². The molecule has 3 aromatic rings. The number of fused-ring (bicyclic) bond motifs is 1. The van der Waals surface area contributed by atoms with Gasteiger partial charge in [-0.25, -0.2) is 4.98 Å². The van der Waals surface area contributed by atoms with Gasteiger partial charge < -0.3 is 14.7 Å². The molecule has 0 fully saturated rings. The SMILES string of the molecule is CCN(CC)C[C@H](O)c1cc(-c2ccc(Cl)cc2)nc2ccc(OC)cc12. The fraction of sp³-hybridized carbons (Fsp3) is 0.318. The van der Waals surface area contributed by atoms with Gasteiger partial charge in [0.25, 0.3) is 0 Å². The van der Waals surface area contributed by atoms with E-state index in [2.05, 4.69) is 18.7 Å². The van der Waals surface area contributed by atoms with Gasteiger partial charge in [-0.15, -0.1) is 0 Å². The van der Waals surface area contributed by atoms with Gasteiger partial charge in [-0.1, -0.05) is 37.6 Å². The molecule has 0 unspecified atom stereocenters. The molecule has 0 spiro atoms. The smallest absolute Gasteiger partial charge is 0.119 e. The van der Waals surface area contributed by atoms with Crippen LogP contribution in [-0.4, -0.2) is 41.7 Å². The minimum atomic E-state index is -0.617. The first-order valence-corrected chi connectivity index (χ1v) is 9.58. The van der Waals surface area contributed by atoms with Crippen LogP contribution in [-0.2, 0) is 0 Å². The number of rotatable bonds is 7. The van der Waals surface area contributed by atoms with Crippen molar-refractivity contribution in [2.45, 2.75) is 20.0 Å².